The molecule has 0 spiro atoms. The fourth-order valence-corrected chi connectivity index (χ4v) is 6.17. The Morgan fingerprint density at radius 3 is 1.96 bits per heavy atom. The normalized spacial score (nSPS) is 12.3. The quantitative estimate of drug-likeness (QED) is 0.679. The average Bonchev–Trinajstić information content (AvgIpc) is 2.57. The lowest BCUT2D eigenvalue weighted by Gasteiger charge is -2.16. The summed E-state index contributed by atoms with van der Waals surface area (Å²) < 4.78 is 52.5. The number of aryl methyl sites for hydroxylation is 2. The Labute approximate surface area is 162 Å². The lowest BCUT2D eigenvalue weighted by molar-refractivity contribution is 0.574. The molecular formula is C20H27NO4S2. The van der Waals surface area contributed by atoms with Crippen LogP contribution in [0.2, 0.25) is 0 Å². The third-order valence-corrected chi connectivity index (χ3v) is 8.14. The molecule has 0 fully saturated rings. The van der Waals surface area contributed by atoms with E-state index in [0.717, 1.165) is 27.8 Å². The summed E-state index contributed by atoms with van der Waals surface area (Å²) in [5.74, 6) is -0.0922. The van der Waals surface area contributed by atoms with E-state index in [2.05, 4.69) is 4.72 Å². The second-order valence-corrected chi connectivity index (χ2v) is 10.8. The standard InChI is InChI=1S/C20H27NO4S2/c1-15-13-16(2)18(4)20(17(15)3)27(24,25)21-11-8-12-26(22,23)14-19-9-6-5-7-10-19/h5-7,9-10,13,21H,8,11-12,14H2,1-4H3. The van der Waals surface area contributed by atoms with E-state index in [0.29, 0.717) is 4.90 Å². The van der Waals surface area contributed by atoms with E-state index in [1.54, 1.807) is 38.1 Å². The molecule has 1 N–H and O–H groups in total. The maximum absolute atomic E-state index is 12.7. The van der Waals surface area contributed by atoms with Crippen LogP contribution in [-0.4, -0.2) is 29.1 Å². The molecule has 0 radical (unpaired) electrons. The van der Waals surface area contributed by atoms with E-state index in [4.69, 9.17) is 0 Å². The molecule has 0 amide bonds. The SMILES string of the molecule is Cc1cc(C)c(C)c(S(=O)(=O)NCCCS(=O)(=O)Cc2ccccc2)c1C. The largest absolute Gasteiger partial charge is 0.241 e. The third kappa shape index (κ3) is 5.64. The molecule has 0 saturated heterocycles. The second kappa shape index (κ2) is 8.54. The highest BCUT2D eigenvalue weighted by atomic mass is 32.2. The van der Waals surface area contributed by atoms with Crippen molar-refractivity contribution < 1.29 is 16.8 Å². The van der Waals surface area contributed by atoms with Gasteiger partial charge in [0.1, 0.15) is 0 Å². The second-order valence-electron chi connectivity index (χ2n) is 6.92. The summed E-state index contributed by atoms with van der Waals surface area (Å²) in [4.78, 5) is 0.298. The van der Waals surface area contributed by atoms with Gasteiger partial charge in [-0.2, -0.15) is 0 Å². The maximum atomic E-state index is 12.7. The molecular weight excluding hydrogens is 382 g/mol. The molecule has 0 saturated carbocycles. The van der Waals surface area contributed by atoms with Crippen molar-refractivity contribution in [1.29, 1.82) is 0 Å². The molecule has 2 aromatic rings. The van der Waals surface area contributed by atoms with E-state index in [1.807, 2.05) is 26.0 Å². The summed E-state index contributed by atoms with van der Waals surface area (Å²) in [6, 6.07) is 10.9. The van der Waals surface area contributed by atoms with E-state index in [-0.39, 0.29) is 24.5 Å². The molecule has 27 heavy (non-hydrogen) atoms. The van der Waals surface area contributed by atoms with Crippen LogP contribution in [0.3, 0.4) is 0 Å². The first-order valence-electron chi connectivity index (χ1n) is 8.85. The average molecular weight is 410 g/mol. The van der Waals surface area contributed by atoms with Crippen molar-refractivity contribution >= 4 is 19.9 Å². The summed E-state index contributed by atoms with van der Waals surface area (Å²) in [6.45, 7) is 7.44. The zero-order valence-electron chi connectivity index (χ0n) is 16.2. The number of hydrogen-bond donors (Lipinski definition) is 1. The van der Waals surface area contributed by atoms with Gasteiger partial charge >= 0.3 is 0 Å². The Hall–Kier alpha value is -1.70. The summed E-state index contributed by atoms with van der Waals surface area (Å²) in [5.41, 5.74) is 4.02. The Morgan fingerprint density at radius 2 is 1.41 bits per heavy atom. The third-order valence-electron chi connectivity index (χ3n) is 4.72. The van der Waals surface area contributed by atoms with Gasteiger partial charge in [-0.15, -0.1) is 0 Å². The van der Waals surface area contributed by atoms with Gasteiger partial charge in [0.05, 0.1) is 16.4 Å². The molecule has 0 atom stereocenters. The van der Waals surface area contributed by atoms with Gasteiger partial charge < -0.3 is 0 Å². The van der Waals surface area contributed by atoms with Gasteiger partial charge in [0, 0.05) is 6.54 Å². The number of nitrogens with one attached hydrogen (secondary N) is 1. The highest BCUT2D eigenvalue weighted by Gasteiger charge is 2.22. The Kier molecular flexibility index (Phi) is 6.83. The molecule has 0 aromatic heterocycles. The molecule has 0 heterocycles. The van der Waals surface area contributed by atoms with Crippen LogP contribution in [0, 0.1) is 27.7 Å². The molecule has 0 aliphatic rings. The lowest BCUT2D eigenvalue weighted by atomic mass is 10.0. The number of sulfonamides is 1. The topological polar surface area (TPSA) is 80.3 Å². The van der Waals surface area contributed by atoms with Gasteiger partial charge in [0.2, 0.25) is 10.0 Å². The van der Waals surface area contributed by atoms with E-state index < -0.39 is 19.9 Å². The van der Waals surface area contributed by atoms with Gasteiger partial charge in [0.25, 0.3) is 0 Å². The Balaban J connectivity index is 2.01. The smallest absolute Gasteiger partial charge is 0.228 e. The van der Waals surface area contributed by atoms with Crippen molar-refractivity contribution in [3.8, 4) is 0 Å². The number of hydrogen-bond acceptors (Lipinski definition) is 4. The van der Waals surface area contributed by atoms with Crippen LogP contribution in [-0.2, 0) is 25.6 Å². The van der Waals surface area contributed by atoms with Crippen molar-refractivity contribution in [3.05, 3.63) is 64.2 Å². The van der Waals surface area contributed by atoms with Gasteiger partial charge in [-0.25, -0.2) is 21.6 Å². The van der Waals surface area contributed by atoms with E-state index in [9.17, 15) is 16.8 Å². The predicted octanol–water partition coefficient (Wildman–Crippen LogP) is 3.20. The molecule has 5 nitrogen and oxygen atoms in total. The molecule has 0 aliphatic heterocycles. The first-order valence-corrected chi connectivity index (χ1v) is 12.2. The Morgan fingerprint density at radius 1 is 0.852 bits per heavy atom. The lowest BCUT2D eigenvalue weighted by Crippen LogP contribution is -2.28. The van der Waals surface area contributed by atoms with Crippen LogP contribution in [0.15, 0.2) is 41.3 Å². The summed E-state index contributed by atoms with van der Waals surface area (Å²) in [7, 11) is -6.97. The van der Waals surface area contributed by atoms with Crippen LogP contribution < -0.4 is 4.72 Å². The monoisotopic (exact) mass is 409 g/mol. The zero-order valence-corrected chi connectivity index (χ0v) is 17.9. The predicted molar refractivity (Wildman–Crippen MR) is 109 cm³/mol. The molecule has 2 rings (SSSR count). The molecule has 0 unspecified atom stereocenters. The fraction of sp³-hybridized carbons (Fsp3) is 0.400. The minimum absolute atomic E-state index is 0.0319. The van der Waals surface area contributed by atoms with Crippen molar-refractivity contribution in [1.82, 2.24) is 4.72 Å². The van der Waals surface area contributed by atoms with Crippen LogP contribution >= 0.6 is 0 Å². The number of rotatable bonds is 8. The molecule has 0 aliphatic carbocycles. The molecule has 0 bridgehead atoms. The first-order chi connectivity index (χ1) is 12.5. The van der Waals surface area contributed by atoms with Crippen LogP contribution in [0.5, 0.6) is 0 Å². The van der Waals surface area contributed by atoms with Gasteiger partial charge in [-0.3, -0.25) is 0 Å². The molecule has 2 aromatic carbocycles. The fourth-order valence-electron chi connectivity index (χ4n) is 3.05. The van der Waals surface area contributed by atoms with Gasteiger partial charge in [0.15, 0.2) is 9.84 Å². The van der Waals surface area contributed by atoms with Crippen molar-refractivity contribution in [3.63, 3.8) is 0 Å². The molecule has 7 heteroatoms. The number of sulfone groups is 1. The summed E-state index contributed by atoms with van der Waals surface area (Å²) >= 11 is 0. The number of benzene rings is 2. The minimum atomic E-state index is -3.69. The van der Waals surface area contributed by atoms with Crippen LogP contribution in [0.25, 0.3) is 0 Å². The maximum Gasteiger partial charge on any atom is 0.241 e. The summed E-state index contributed by atoms with van der Waals surface area (Å²) in [5, 5.41) is 0. The minimum Gasteiger partial charge on any atom is -0.228 e. The van der Waals surface area contributed by atoms with Crippen LogP contribution in [0.1, 0.15) is 34.2 Å². The molecule has 148 valence electrons. The first kappa shape index (κ1) is 21.6. The van der Waals surface area contributed by atoms with Crippen molar-refractivity contribution in [2.24, 2.45) is 0 Å². The van der Waals surface area contributed by atoms with E-state index >= 15 is 0 Å². The summed E-state index contributed by atoms with van der Waals surface area (Å²) in [6.07, 6.45) is 0.233. The van der Waals surface area contributed by atoms with Gasteiger partial charge in [-0.05, 0) is 61.9 Å². The van der Waals surface area contributed by atoms with Crippen molar-refractivity contribution in [2.45, 2.75) is 44.8 Å². The zero-order chi connectivity index (χ0) is 20.2. The highest BCUT2D eigenvalue weighted by molar-refractivity contribution is 7.90. The van der Waals surface area contributed by atoms with Gasteiger partial charge in [-0.1, -0.05) is 36.4 Å². The van der Waals surface area contributed by atoms with E-state index in [1.165, 1.54) is 0 Å². The highest BCUT2D eigenvalue weighted by Crippen LogP contribution is 2.25. The van der Waals surface area contributed by atoms with Crippen molar-refractivity contribution in [2.75, 3.05) is 12.3 Å². The Bertz CT molecular complexity index is 985. The van der Waals surface area contributed by atoms with Crippen LogP contribution in [0.4, 0.5) is 0 Å².